The van der Waals surface area contributed by atoms with Crippen LogP contribution in [0.5, 0.6) is 0 Å². The number of carbonyl (C=O) groups excluding carboxylic acids is 1. The largest absolute Gasteiger partial charge is 0.453 e. The van der Waals surface area contributed by atoms with Crippen LogP contribution in [0.25, 0.3) is 0 Å². The maximum atomic E-state index is 10.3. The van der Waals surface area contributed by atoms with Crippen LogP contribution in [0.3, 0.4) is 0 Å². The van der Waals surface area contributed by atoms with Crippen molar-refractivity contribution in [2.24, 2.45) is 11.3 Å². The molecule has 0 heterocycles. The fourth-order valence-electron chi connectivity index (χ4n) is 1.42. The van der Waals surface area contributed by atoms with Crippen LogP contribution < -0.4 is 0 Å². The monoisotopic (exact) mass is 192 g/mol. The normalized spacial score (nSPS) is 11.8. The van der Waals surface area contributed by atoms with Crippen molar-refractivity contribution < 1.29 is 9.53 Å². The molecule has 0 aliphatic rings. The van der Waals surface area contributed by atoms with E-state index in [-0.39, 0.29) is 5.41 Å². The molecule has 0 aromatic carbocycles. The average molecular weight is 193 g/mol. The third kappa shape index (κ3) is 6.47. The topological polar surface area (TPSA) is 26.3 Å². The minimum absolute atomic E-state index is 0.0265. The summed E-state index contributed by atoms with van der Waals surface area (Å²) in [6.45, 7) is 8.81. The molecule has 0 atom stereocenters. The van der Waals surface area contributed by atoms with Crippen LogP contribution in [0, 0.1) is 11.3 Å². The summed E-state index contributed by atoms with van der Waals surface area (Å²) in [7, 11) is 0. The van der Waals surface area contributed by atoms with E-state index in [0.29, 0.717) is 12.5 Å². The molecule has 3 heteroatoms. The molecule has 0 bridgehead atoms. The lowest BCUT2D eigenvalue weighted by Gasteiger charge is -2.25. The van der Waals surface area contributed by atoms with Crippen LogP contribution in [0.2, 0.25) is 0 Å². The summed E-state index contributed by atoms with van der Waals surface area (Å²) in [6.07, 6.45) is 1.02. The number of ether oxygens (including phenoxy) is 1. The first kappa shape index (κ1) is 11.8. The van der Waals surface area contributed by atoms with Crippen molar-refractivity contribution in [1.29, 1.82) is 0 Å². The zero-order chi connectivity index (χ0) is 9.78. The lowest BCUT2D eigenvalue weighted by atomic mass is 9.85. The first-order valence-electron chi connectivity index (χ1n) is 4.16. The Morgan fingerprint density at radius 2 is 2.00 bits per heavy atom. The van der Waals surface area contributed by atoms with Gasteiger partial charge in [-0.15, -0.1) is 0 Å². The molecule has 0 N–H and O–H groups in total. The van der Waals surface area contributed by atoms with Gasteiger partial charge in [-0.05, 0) is 17.8 Å². The van der Waals surface area contributed by atoms with Gasteiger partial charge in [0.05, 0.1) is 6.61 Å². The van der Waals surface area contributed by atoms with Crippen LogP contribution in [-0.4, -0.2) is 12.0 Å². The molecule has 0 aliphatic heterocycles. The third-order valence-electron chi connectivity index (χ3n) is 1.54. The van der Waals surface area contributed by atoms with Crippen molar-refractivity contribution in [3.63, 3.8) is 0 Å². The Hall–Kier alpha value is -0.240. The maximum absolute atomic E-state index is 10.3. The second-order valence-electron chi connectivity index (χ2n) is 4.29. The first-order valence-corrected chi connectivity index (χ1v) is 4.53. The van der Waals surface area contributed by atoms with Gasteiger partial charge >= 0.3 is 5.43 Å². The molecule has 0 amide bonds. The SMILES string of the molecule is CC(C)CC(C)(C)COC(=O)Cl. The molecule has 0 fully saturated rings. The lowest BCUT2D eigenvalue weighted by Crippen LogP contribution is -2.22. The molecule has 0 radical (unpaired) electrons. The van der Waals surface area contributed by atoms with Crippen molar-refractivity contribution in [3.8, 4) is 0 Å². The van der Waals surface area contributed by atoms with E-state index in [1.807, 2.05) is 0 Å². The molecule has 0 aromatic rings. The zero-order valence-electron chi connectivity index (χ0n) is 8.19. The van der Waals surface area contributed by atoms with Crippen molar-refractivity contribution in [1.82, 2.24) is 0 Å². The van der Waals surface area contributed by atoms with Crippen LogP contribution in [0.1, 0.15) is 34.1 Å². The molecule has 0 rings (SSSR count). The molecule has 0 unspecified atom stereocenters. The van der Waals surface area contributed by atoms with Crippen LogP contribution in [0.4, 0.5) is 4.79 Å². The Balaban J connectivity index is 3.78. The Bertz CT molecular complexity index is 153. The quantitative estimate of drug-likeness (QED) is 0.638. The summed E-state index contributed by atoms with van der Waals surface area (Å²) in [6, 6.07) is 0. The van der Waals surface area contributed by atoms with E-state index in [0.717, 1.165) is 6.42 Å². The molecule has 0 spiro atoms. The molecule has 0 saturated heterocycles. The predicted molar refractivity (Wildman–Crippen MR) is 50.4 cm³/mol. The summed E-state index contributed by atoms with van der Waals surface area (Å²) >= 11 is 5.06. The van der Waals surface area contributed by atoms with E-state index in [2.05, 4.69) is 27.7 Å². The Labute approximate surface area is 79.2 Å². The van der Waals surface area contributed by atoms with Gasteiger partial charge in [-0.25, -0.2) is 4.79 Å². The number of hydrogen-bond acceptors (Lipinski definition) is 2. The number of rotatable bonds is 4. The molecule has 72 valence electrons. The van der Waals surface area contributed by atoms with Crippen LogP contribution >= 0.6 is 11.6 Å². The van der Waals surface area contributed by atoms with Gasteiger partial charge in [-0.2, -0.15) is 0 Å². The highest BCUT2D eigenvalue weighted by Crippen LogP contribution is 2.25. The highest BCUT2D eigenvalue weighted by Gasteiger charge is 2.21. The molecular formula is C9H17ClO2. The number of hydrogen-bond donors (Lipinski definition) is 0. The third-order valence-corrected chi connectivity index (χ3v) is 1.65. The van der Waals surface area contributed by atoms with Crippen molar-refractivity contribution >= 4 is 17.0 Å². The fourth-order valence-corrected chi connectivity index (χ4v) is 1.47. The van der Waals surface area contributed by atoms with Gasteiger partial charge in [0.15, 0.2) is 0 Å². The van der Waals surface area contributed by atoms with Gasteiger partial charge in [0.25, 0.3) is 0 Å². The number of halogens is 1. The van der Waals surface area contributed by atoms with Gasteiger partial charge < -0.3 is 4.74 Å². The van der Waals surface area contributed by atoms with E-state index in [4.69, 9.17) is 16.3 Å². The van der Waals surface area contributed by atoms with Gasteiger partial charge in [-0.1, -0.05) is 27.7 Å². The zero-order valence-corrected chi connectivity index (χ0v) is 8.94. The fraction of sp³-hybridized carbons (Fsp3) is 0.889. The standard InChI is InChI=1S/C9H17ClO2/c1-7(2)5-9(3,4)6-12-8(10)11/h7H,5-6H2,1-4H3. The maximum Gasteiger partial charge on any atom is 0.403 e. The molecule has 0 aromatic heterocycles. The molecule has 2 nitrogen and oxygen atoms in total. The number of carbonyl (C=O) groups is 1. The van der Waals surface area contributed by atoms with Gasteiger partial charge in [0.1, 0.15) is 0 Å². The highest BCUT2D eigenvalue weighted by molar-refractivity contribution is 6.61. The van der Waals surface area contributed by atoms with Gasteiger partial charge in [0.2, 0.25) is 0 Å². The minimum Gasteiger partial charge on any atom is -0.453 e. The van der Waals surface area contributed by atoms with E-state index >= 15 is 0 Å². The van der Waals surface area contributed by atoms with E-state index < -0.39 is 5.43 Å². The summed E-state index contributed by atoms with van der Waals surface area (Å²) < 4.78 is 4.73. The van der Waals surface area contributed by atoms with E-state index in [1.165, 1.54) is 0 Å². The minimum atomic E-state index is -0.716. The molecule has 0 aliphatic carbocycles. The Kier molecular flexibility index (Phi) is 4.61. The second kappa shape index (κ2) is 4.70. The second-order valence-corrected chi connectivity index (χ2v) is 4.60. The smallest absolute Gasteiger partial charge is 0.403 e. The van der Waals surface area contributed by atoms with Gasteiger partial charge in [0, 0.05) is 11.6 Å². The molecular weight excluding hydrogens is 176 g/mol. The average Bonchev–Trinajstić information content (AvgIpc) is 1.81. The Morgan fingerprint density at radius 1 is 1.50 bits per heavy atom. The van der Waals surface area contributed by atoms with Crippen LogP contribution in [-0.2, 0) is 4.74 Å². The Morgan fingerprint density at radius 3 is 2.33 bits per heavy atom. The van der Waals surface area contributed by atoms with Gasteiger partial charge in [-0.3, -0.25) is 0 Å². The summed E-state index contributed by atoms with van der Waals surface area (Å²) in [5.41, 5.74) is -0.689. The van der Waals surface area contributed by atoms with E-state index in [9.17, 15) is 4.79 Å². The first-order chi connectivity index (χ1) is 5.33. The van der Waals surface area contributed by atoms with Crippen molar-refractivity contribution in [2.45, 2.75) is 34.1 Å². The molecule has 0 saturated carbocycles. The summed E-state index contributed by atoms with van der Waals surface area (Å²) in [5, 5.41) is 0. The van der Waals surface area contributed by atoms with Crippen molar-refractivity contribution in [2.75, 3.05) is 6.61 Å². The highest BCUT2D eigenvalue weighted by atomic mass is 35.5. The van der Waals surface area contributed by atoms with Crippen LogP contribution in [0.15, 0.2) is 0 Å². The van der Waals surface area contributed by atoms with Crippen molar-refractivity contribution in [3.05, 3.63) is 0 Å². The lowest BCUT2D eigenvalue weighted by molar-refractivity contribution is 0.106. The summed E-state index contributed by atoms with van der Waals surface area (Å²) in [4.78, 5) is 10.3. The summed E-state index contributed by atoms with van der Waals surface area (Å²) in [5.74, 6) is 0.606. The molecule has 12 heavy (non-hydrogen) atoms. The predicted octanol–water partition coefficient (Wildman–Crippen LogP) is 3.43. The van der Waals surface area contributed by atoms with E-state index in [1.54, 1.807) is 0 Å².